The van der Waals surface area contributed by atoms with Crippen LogP contribution in [0.1, 0.15) is 32.8 Å². The maximum Gasteiger partial charge on any atom is 0.165 e. The molecule has 3 heteroatoms. The molecule has 2 N–H and O–H groups in total. The van der Waals surface area contributed by atoms with E-state index in [4.69, 9.17) is 10.5 Å². The molecule has 0 aliphatic carbocycles. The van der Waals surface area contributed by atoms with E-state index >= 15 is 0 Å². The summed E-state index contributed by atoms with van der Waals surface area (Å²) in [6.07, 6.45) is 0.866. The highest BCUT2D eigenvalue weighted by molar-refractivity contribution is 5.40. The molecule has 0 fully saturated rings. The third-order valence-corrected chi connectivity index (χ3v) is 2.38. The van der Waals surface area contributed by atoms with E-state index in [0.29, 0.717) is 12.2 Å². The topological polar surface area (TPSA) is 35.2 Å². The second-order valence-corrected chi connectivity index (χ2v) is 5.31. The maximum absolute atomic E-state index is 13.5. The molecule has 2 nitrogen and oxygen atoms in total. The third-order valence-electron chi connectivity index (χ3n) is 2.38. The summed E-state index contributed by atoms with van der Waals surface area (Å²) in [7, 11) is 0. The Hall–Kier alpha value is -1.53. The molecule has 1 aromatic rings. The fourth-order valence-electron chi connectivity index (χ4n) is 1.31. The lowest BCUT2D eigenvalue weighted by atomic mass is 9.93. The van der Waals surface area contributed by atoms with Crippen LogP contribution in [0.3, 0.4) is 0 Å². The monoisotopic (exact) mass is 249 g/mol. The molecule has 0 aliphatic rings. The number of hydrogen-bond donors (Lipinski definition) is 1. The van der Waals surface area contributed by atoms with Crippen molar-refractivity contribution in [1.82, 2.24) is 0 Å². The van der Waals surface area contributed by atoms with Crippen LogP contribution in [0.5, 0.6) is 5.75 Å². The SMILES string of the molecule is CC(C)(C)CCOc1cc(C#CCN)ccc1F. The Kier molecular flexibility index (Phi) is 5.18. The summed E-state index contributed by atoms with van der Waals surface area (Å²) < 4.78 is 19.0. The van der Waals surface area contributed by atoms with Crippen molar-refractivity contribution in [2.75, 3.05) is 13.2 Å². The number of hydrogen-bond acceptors (Lipinski definition) is 2. The van der Waals surface area contributed by atoms with Crippen LogP contribution in [-0.4, -0.2) is 13.2 Å². The van der Waals surface area contributed by atoms with Gasteiger partial charge in [0.1, 0.15) is 0 Å². The minimum atomic E-state index is -0.359. The Morgan fingerprint density at radius 3 is 2.67 bits per heavy atom. The van der Waals surface area contributed by atoms with E-state index < -0.39 is 0 Å². The molecule has 0 atom stereocenters. The predicted octanol–water partition coefficient (Wildman–Crippen LogP) is 2.95. The van der Waals surface area contributed by atoms with Gasteiger partial charge in [-0.05, 0) is 30.0 Å². The molecule has 0 spiro atoms. The van der Waals surface area contributed by atoms with Crippen LogP contribution in [0.15, 0.2) is 18.2 Å². The van der Waals surface area contributed by atoms with Crippen LogP contribution in [-0.2, 0) is 0 Å². The average Bonchev–Trinajstić information content (AvgIpc) is 2.28. The van der Waals surface area contributed by atoms with Gasteiger partial charge in [-0.3, -0.25) is 0 Å². The van der Waals surface area contributed by atoms with Gasteiger partial charge in [-0.1, -0.05) is 32.6 Å². The highest BCUT2D eigenvalue weighted by Crippen LogP contribution is 2.22. The van der Waals surface area contributed by atoms with Gasteiger partial charge in [0.25, 0.3) is 0 Å². The Balaban J connectivity index is 2.69. The van der Waals surface area contributed by atoms with Crippen LogP contribution in [0.4, 0.5) is 4.39 Å². The van der Waals surface area contributed by atoms with E-state index in [1.165, 1.54) is 6.07 Å². The molecule has 0 unspecified atom stereocenters. The summed E-state index contributed by atoms with van der Waals surface area (Å²) in [6, 6.07) is 4.60. The lowest BCUT2D eigenvalue weighted by molar-refractivity contribution is 0.235. The van der Waals surface area contributed by atoms with Crippen LogP contribution in [0.2, 0.25) is 0 Å². The zero-order chi connectivity index (χ0) is 13.6. The number of halogens is 1. The standard InChI is InChI=1S/C15H20FNO/c1-15(2,3)8-10-18-14-11-12(5-4-9-17)6-7-13(14)16/h6-7,11H,8-10,17H2,1-3H3. The normalized spacial score (nSPS) is 10.7. The van der Waals surface area contributed by atoms with E-state index in [2.05, 4.69) is 32.6 Å². The smallest absolute Gasteiger partial charge is 0.165 e. The fraction of sp³-hybridized carbons (Fsp3) is 0.467. The fourth-order valence-corrected chi connectivity index (χ4v) is 1.31. The maximum atomic E-state index is 13.5. The molecule has 0 saturated heterocycles. The number of ether oxygens (including phenoxy) is 1. The third kappa shape index (κ3) is 5.20. The molecule has 1 aromatic carbocycles. The summed E-state index contributed by atoms with van der Waals surface area (Å²) in [5.74, 6) is 5.48. The predicted molar refractivity (Wildman–Crippen MR) is 71.9 cm³/mol. The molecule has 1 rings (SSSR count). The lowest BCUT2D eigenvalue weighted by Crippen LogP contribution is -2.11. The van der Waals surface area contributed by atoms with Gasteiger partial charge in [0.2, 0.25) is 0 Å². The van der Waals surface area contributed by atoms with E-state index in [1.807, 2.05) is 0 Å². The average molecular weight is 249 g/mol. The van der Waals surface area contributed by atoms with E-state index in [9.17, 15) is 4.39 Å². The molecule has 0 heterocycles. The first-order valence-electron chi connectivity index (χ1n) is 6.04. The molecule has 98 valence electrons. The van der Waals surface area contributed by atoms with Crippen molar-refractivity contribution < 1.29 is 9.13 Å². The van der Waals surface area contributed by atoms with Crippen molar-refractivity contribution in [1.29, 1.82) is 0 Å². The lowest BCUT2D eigenvalue weighted by Gasteiger charge is -2.18. The molecule has 0 aromatic heterocycles. The molecule has 0 saturated carbocycles. The quantitative estimate of drug-likeness (QED) is 0.836. The molecule has 0 radical (unpaired) electrons. The van der Waals surface area contributed by atoms with Crippen LogP contribution in [0, 0.1) is 23.1 Å². The Bertz CT molecular complexity index is 452. The van der Waals surface area contributed by atoms with Crippen molar-refractivity contribution in [2.45, 2.75) is 27.2 Å². The number of nitrogens with two attached hydrogens (primary N) is 1. The summed E-state index contributed by atoms with van der Waals surface area (Å²) in [6.45, 7) is 7.15. The van der Waals surface area contributed by atoms with Gasteiger partial charge in [0.15, 0.2) is 11.6 Å². The van der Waals surface area contributed by atoms with Gasteiger partial charge in [-0.15, -0.1) is 0 Å². The van der Waals surface area contributed by atoms with Crippen molar-refractivity contribution in [3.8, 4) is 17.6 Å². The molecule has 18 heavy (non-hydrogen) atoms. The van der Waals surface area contributed by atoms with Gasteiger partial charge in [-0.25, -0.2) is 4.39 Å². The van der Waals surface area contributed by atoms with Crippen LogP contribution < -0.4 is 10.5 Å². The van der Waals surface area contributed by atoms with Gasteiger partial charge in [0.05, 0.1) is 13.2 Å². The van der Waals surface area contributed by atoms with Crippen molar-refractivity contribution in [3.05, 3.63) is 29.6 Å². The first-order valence-corrected chi connectivity index (χ1v) is 6.04. The molecular weight excluding hydrogens is 229 g/mol. The van der Waals surface area contributed by atoms with E-state index in [0.717, 1.165) is 6.42 Å². The first kappa shape index (κ1) is 14.5. The van der Waals surface area contributed by atoms with E-state index in [1.54, 1.807) is 12.1 Å². The van der Waals surface area contributed by atoms with Crippen molar-refractivity contribution in [3.63, 3.8) is 0 Å². The zero-order valence-corrected chi connectivity index (χ0v) is 11.2. The van der Waals surface area contributed by atoms with Gasteiger partial charge in [0, 0.05) is 5.56 Å². The Morgan fingerprint density at radius 1 is 1.33 bits per heavy atom. The minimum absolute atomic E-state index is 0.174. The largest absolute Gasteiger partial charge is 0.490 e. The first-order chi connectivity index (χ1) is 8.42. The van der Waals surface area contributed by atoms with Gasteiger partial charge in [-0.2, -0.15) is 0 Å². The number of rotatable bonds is 3. The second-order valence-electron chi connectivity index (χ2n) is 5.31. The molecule has 0 aliphatic heterocycles. The molecule has 0 bridgehead atoms. The van der Waals surface area contributed by atoms with Gasteiger partial charge >= 0.3 is 0 Å². The summed E-state index contributed by atoms with van der Waals surface area (Å²) in [5.41, 5.74) is 6.18. The highest BCUT2D eigenvalue weighted by Gasteiger charge is 2.11. The van der Waals surface area contributed by atoms with Crippen LogP contribution in [0.25, 0.3) is 0 Å². The molecule has 0 amide bonds. The summed E-state index contributed by atoms with van der Waals surface area (Å²) in [4.78, 5) is 0. The highest BCUT2D eigenvalue weighted by atomic mass is 19.1. The second kappa shape index (κ2) is 6.42. The Labute approximate surface area is 108 Å². The molecular formula is C15H20FNO. The minimum Gasteiger partial charge on any atom is -0.490 e. The summed E-state index contributed by atoms with van der Waals surface area (Å²) >= 11 is 0. The van der Waals surface area contributed by atoms with Crippen molar-refractivity contribution in [2.24, 2.45) is 11.1 Å². The van der Waals surface area contributed by atoms with E-state index in [-0.39, 0.29) is 23.5 Å². The van der Waals surface area contributed by atoms with Crippen LogP contribution >= 0.6 is 0 Å². The Morgan fingerprint density at radius 2 is 2.06 bits per heavy atom. The zero-order valence-electron chi connectivity index (χ0n) is 11.2. The van der Waals surface area contributed by atoms with Gasteiger partial charge < -0.3 is 10.5 Å². The summed E-state index contributed by atoms with van der Waals surface area (Å²) in [5, 5.41) is 0. The number of benzene rings is 1. The van der Waals surface area contributed by atoms with Crippen molar-refractivity contribution >= 4 is 0 Å².